The number of hydrogen-bond donors (Lipinski definition) is 1. The molecular weight excluding hydrogens is 544 g/mol. The van der Waals surface area contributed by atoms with Crippen LogP contribution in [0.25, 0.3) is 0 Å². The number of nitrogens with zero attached hydrogens (tertiary/aromatic N) is 1. The van der Waals surface area contributed by atoms with E-state index in [9.17, 15) is 9.59 Å². The van der Waals surface area contributed by atoms with E-state index in [2.05, 4.69) is 36.8 Å². The lowest BCUT2D eigenvalue weighted by Gasteiger charge is -2.15. The van der Waals surface area contributed by atoms with Crippen LogP contribution in [0.4, 0.5) is 0 Å². The second-order valence-electron chi connectivity index (χ2n) is 6.89. The second kappa shape index (κ2) is 10.1. The predicted molar refractivity (Wildman–Crippen MR) is 126 cm³/mol. The maximum Gasteiger partial charge on any atom is 0.440 e. The zero-order valence-corrected chi connectivity index (χ0v) is 19.9. The number of hydrogen-bond acceptors (Lipinski definition) is 5. The summed E-state index contributed by atoms with van der Waals surface area (Å²) in [5.41, 5.74) is 2.07. The Bertz CT molecular complexity index is 1340. The lowest BCUT2D eigenvalue weighted by atomic mass is 10.2. The summed E-state index contributed by atoms with van der Waals surface area (Å²) in [4.78, 5) is 25.1. The summed E-state index contributed by atoms with van der Waals surface area (Å²) in [6, 6.07) is 20.9. The van der Waals surface area contributed by atoms with E-state index < -0.39 is 11.4 Å². The largest absolute Gasteiger partial charge is 0.485 e. The SMILES string of the molecule is O=c1[nH]c(=O)n(Cc2ccc(OCc3ccccc3Br)c(OCc3ccccc3Br)c2)o1. The third-order valence-corrected chi connectivity index (χ3v) is 6.19. The third kappa shape index (κ3) is 5.41. The number of aromatic nitrogens is 2. The van der Waals surface area contributed by atoms with Gasteiger partial charge in [-0.15, -0.1) is 4.74 Å². The smallest absolute Gasteiger partial charge is 0.440 e. The van der Waals surface area contributed by atoms with Gasteiger partial charge in [-0.05, 0) is 29.8 Å². The minimum absolute atomic E-state index is 0.0769. The summed E-state index contributed by atoms with van der Waals surface area (Å²) < 4.78 is 19.8. The van der Waals surface area contributed by atoms with Crippen molar-refractivity contribution < 1.29 is 14.0 Å². The Morgan fingerprint density at radius 1 is 0.812 bits per heavy atom. The highest BCUT2D eigenvalue weighted by Crippen LogP contribution is 2.31. The van der Waals surface area contributed by atoms with E-state index in [0.29, 0.717) is 30.3 Å². The summed E-state index contributed by atoms with van der Waals surface area (Å²) in [6.45, 7) is 0.737. The van der Waals surface area contributed by atoms with Crippen molar-refractivity contribution in [3.8, 4) is 11.5 Å². The van der Waals surface area contributed by atoms with Crippen molar-refractivity contribution in [1.29, 1.82) is 0 Å². The lowest BCUT2D eigenvalue weighted by Crippen LogP contribution is -2.17. The Morgan fingerprint density at radius 2 is 1.41 bits per heavy atom. The van der Waals surface area contributed by atoms with Crippen LogP contribution < -0.4 is 20.9 Å². The maximum atomic E-state index is 11.8. The molecule has 0 aliphatic carbocycles. The van der Waals surface area contributed by atoms with Crippen molar-refractivity contribution in [3.63, 3.8) is 0 Å². The normalized spacial score (nSPS) is 10.8. The molecule has 4 rings (SSSR count). The Hall–Kier alpha value is -3.04. The molecule has 0 amide bonds. The number of ether oxygens (including phenoxy) is 2. The fourth-order valence-corrected chi connectivity index (χ4v) is 3.81. The molecule has 0 saturated carbocycles. The van der Waals surface area contributed by atoms with Crippen LogP contribution in [0.15, 0.2) is 89.8 Å². The van der Waals surface area contributed by atoms with Gasteiger partial charge in [0.2, 0.25) is 0 Å². The van der Waals surface area contributed by atoms with E-state index in [4.69, 9.17) is 14.0 Å². The first-order chi connectivity index (χ1) is 15.5. The second-order valence-corrected chi connectivity index (χ2v) is 8.60. The third-order valence-electron chi connectivity index (χ3n) is 4.64. The molecule has 0 unspecified atom stereocenters. The number of nitrogens with one attached hydrogen (secondary N) is 1. The molecule has 0 bridgehead atoms. The van der Waals surface area contributed by atoms with E-state index in [0.717, 1.165) is 24.8 Å². The molecule has 0 atom stereocenters. The molecule has 0 radical (unpaired) electrons. The van der Waals surface area contributed by atoms with E-state index in [-0.39, 0.29) is 6.54 Å². The van der Waals surface area contributed by atoms with Gasteiger partial charge in [-0.3, -0.25) is 0 Å². The minimum atomic E-state index is -0.797. The van der Waals surface area contributed by atoms with Gasteiger partial charge >= 0.3 is 11.4 Å². The van der Waals surface area contributed by atoms with Gasteiger partial charge in [0, 0.05) is 20.1 Å². The van der Waals surface area contributed by atoms with Gasteiger partial charge < -0.3 is 14.0 Å². The van der Waals surface area contributed by atoms with E-state index in [1.54, 1.807) is 18.2 Å². The number of rotatable bonds is 8. The highest BCUT2D eigenvalue weighted by atomic mass is 79.9. The van der Waals surface area contributed by atoms with Crippen LogP contribution in [0.2, 0.25) is 0 Å². The van der Waals surface area contributed by atoms with Gasteiger partial charge in [0.05, 0.1) is 6.54 Å². The molecule has 0 spiro atoms. The van der Waals surface area contributed by atoms with E-state index >= 15 is 0 Å². The standard InChI is InChI=1S/C23H18Br2N2O5/c24-18-7-3-1-5-16(18)13-30-20-10-9-15(12-27-22(28)26-23(29)32-27)11-21(20)31-14-17-6-2-4-8-19(17)25/h1-11H,12-14H2,(H,26,28,29). The molecule has 1 aromatic heterocycles. The topological polar surface area (TPSA) is 86.5 Å². The van der Waals surface area contributed by atoms with Gasteiger partial charge in [-0.25, -0.2) is 14.6 Å². The Kier molecular flexibility index (Phi) is 6.96. The maximum absolute atomic E-state index is 11.8. The minimum Gasteiger partial charge on any atom is -0.485 e. The first kappa shape index (κ1) is 22.2. The quantitative estimate of drug-likeness (QED) is 0.332. The van der Waals surface area contributed by atoms with Crippen LogP contribution >= 0.6 is 31.9 Å². The van der Waals surface area contributed by atoms with Crippen molar-refractivity contribution in [2.24, 2.45) is 0 Å². The molecule has 3 aromatic carbocycles. The molecule has 0 saturated heterocycles. The lowest BCUT2D eigenvalue weighted by molar-refractivity contribution is 0.250. The summed E-state index contributed by atoms with van der Waals surface area (Å²) >= 11 is 7.05. The molecule has 9 heteroatoms. The van der Waals surface area contributed by atoms with E-state index in [1.165, 1.54) is 0 Å². The predicted octanol–water partition coefficient (Wildman–Crippen LogP) is 4.86. The monoisotopic (exact) mass is 560 g/mol. The Morgan fingerprint density at radius 3 is 1.97 bits per heavy atom. The summed E-state index contributed by atoms with van der Waals surface area (Å²) in [5.74, 6) is 0.268. The van der Waals surface area contributed by atoms with Crippen LogP contribution in [0.1, 0.15) is 16.7 Å². The van der Waals surface area contributed by atoms with Crippen molar-refractivity contribution >= 4 is 31.9 Å². The molecule has 0 aliphatic rings. The van der Waals surface area contributed by atoms with Crippen LogP contribution in [0, 0.1) is 0 Å². The number of H-pyrrole nitrogens is 1. The van der Waals surface area contributed by atoms with Gasteiger partial charge in [0.1, 0.15) is 13.2 Å². The molecule has 1 N–H and O–H groups in total. The van der Waals surface area contributed by atoms with Crippen LogP contribution in [0.3, 0.4) is 0 Å². The Labute approximate surface area is 199 Å². The number of halogens is 2. The highest BCUT2D eigenvalue weighted by molar-refractivity contribution is 9.10. The number of benzene rings is 3. The summed E-state index contributed by atoms with van der Waals surface area (Å²) in [5, 5.41) is 0. The summed E-state index contributed by atoms with van der Waals surface area (Å²) in [6.07, 6.45) is 0. The average molecular weight is 562 g/mol. The van der Waals surface area contributed by atoms with Crippen LogP contribution in [-0.4, -0.2) is 9.72 Å². The summed E-state index contributed by atoms with van der Waals surface area (Å²) in [7, 11) is 0. The molecule has 32 heavy (non-hydrogen) atoms. The van der Waals surface area contributed by atoms with Crippen LogP contribution in [0.5, 0.6) is 11.5 Å². The fraction of sp³-hybridized carbons (Fsp3) is 0.130. The first-order valence-electron chi connectivity index (χ1n) is 9.65. The average Bonchev–Trinajstić information content (AvgIpc) is 3.10. The molecule has 0 aliphatic heterocycles. The van der Waals surface area contributed by atoms with Crippen LogP contribution in [-0.2, 0) is 19.8 Å². The van der Waals surface area contributed by atoms with Crippen molar-refractivity contribution in [2.45, 2.75) is 19.8 Å². The molecule has 4 aromatic rings. The van der Waals surface area contributed by atoms with Gasteiger partial charge in [0.25, 0.3) is 0 Å². The van der Waals surface area contributed by atoms with E-state index in [1.807, 2.05) is 48.5 Å². The van der Waals surface area contributed by atoms with Crippen molar-refractivity contribution in [3.05, 3.63) is 113 Å². The molecule has 164 valence electrons. The Balaban J connectivity index is 1.59. The molecule has 1 heterocycles. The fourth-order valence-electron chi connectivity index (χ4n) is 3.01. The van der Waals surface area contributed by atoms with Crippen molar-refractivity contribution in [1.82, 2.24) is 9.72 Å². The van der Waals surface area contributed by atoms with Gasteiger partial charge in [-0.1, -0.05) is 74.3 Å². The molecule has 7 nitrogen and oxygen atoms in total. The molecular formula is C23H18Br2N2O5. The molecule has 0 fully saturated rings. The first-order valence-corrected chi connectivity index (χ1v) is 11.2. The highest BCUT2D eigenvalue weighted by Gasteiger charge is 2.12. The zero-order chi connectivity index (χ0) is 22.5. The van der Waals surface area contributed by atoms with Crippen molar-refractivity contribution in [2.75, 3.05) is 0 Å². The zero-order valence-electron chi connectivity index (χ0n) is 16.7. The van der Waals surface area contributed by atoms with Gasteiger partial charge in [0.15, 0.2) is 11.5 Å². The van der Waals surface area contributed by atoms with Gasteiger partial charge in [-0.2, -0.15) is 0 Å². The number of aromatic amines is 1.